The van der Waals surface area contributed by atoms with Crippen LogP contribution in [0.1, 0.15) is 10.4 Å². The molecule has 1 heterocycles. The van der Waals surface area contributed by atoms with E-state index in [0.29, 0.717) is 16.9 Å². The number of nitro benzene ring substituents is 2. The molecule has 20 heavy (non-hydrogen) atoms. The Hall–Kier alpha value is -2.68. The topological polar surface area (TPSA) is 119 Å². The number of hydrogen-bond donors (Lipinski definition) is 1. The monoisotopic (exact) mass is 293 g/mol. The van der Waals surface area contributed by atoms with Crippen LogP contribution in [0, 0.1) is 20.2 Å². The van der Waals surface area contributed by atoms with Gasteiger partial charge in [0, 0.05) is 17.8 Å². The van der Waals surface area contributed by atoms with Crippen LogP contribution in [0.2, 0.25) is 0 Å². The average molecular weight is 293 g/mol. The molecule has 0 atom stereocenters. The lowest BCUT2D eigenvalue weighted by Crippen LogP contribution is -1.94. The predicted molar refractivity (Wildman–Crippen MR) is 70.1 cm³/mol. The van der Waals surface area contributed by atoms with Crippen molar-refractivity contribution in [3.05, 3.63) is 56.3 Å². The summed E-state index contributed by atoms with van der Waals surface area (Å²) >= 11 is 1.02. The summed E-state index contributed by atoms with van der Waals surface area (Å²) in [5.74, 6) is 0. The van der Waals surface area contributed by atoms with Crippen molar-refractivity contribution >= 4 is 29.4 Å². The summed E-state index contributed by atoms with van der Waals surface area (Å²) in [7, 11) is 0. The molecule has 0 bridgehead atoms. The number of benzene rings is 1. The molecular formula is C11H7N3O5S. The zero-order chi connectivity index (χ0) is 14.7. The van der Waals surface area contributed by atoms with E-state index in [-0.39, 0.29) is 16.3 Å². The number of carbonyl (C=O) groups excluding carboxylic acids is 1. The van der Waals surface area contributed by atoms with Crippen molar-refractivity contribution < 1.29 is 14.6 Å². The molecule has 0 aliphatic heterocycles. The fourth-order valence-corrected chi connectivity index (χ4v) is 2.41. The van der Waals surface area contributed by atoms with Crippen molar-refractivity contribution in [2.45, 2.75) is 9.92 Å². The quantitative estimate of drug-likeness (QED) is 0.514. The number of rotatable bonds is 5. The molecule has 1 aromatic heterocycles. The Kier molecular flexibility index (Phi) is 3.80. The third-order valence-electron chi connectivity index (χ3n) is 2.38. The Bertz CT molecular complexity index is 697. The molecule has 2 aromatic rings. The number of carbonyl (C=O) groups is 1. The zero-order valence-electron chi connectivity index (χ0n) is 9.81. The highest BCUT2D eigenvalue weighted by Gasteiger charge is 2.20. The molecule has 0 amide bonds. The molecule has 0 radical (unpaired) electrons. The minimum Gasteiger partial charge on any atom is -0.355 e. The lowest BCUT2D eigenvalue weighted by atomic mass is 10.3. The van der Waals surface area contributed by atoms with Gasteiger partial charge in [-0.3, -0.25) is 25.0 Å². The van der Waals surface area contributed by atoms with Gasteiger partial charge in [-0.15, -0.1) is 0 Å². The molecule has 0 spiro atoms. The molecule has 0 aliphatic rings. The number of nitrogens with one attached hydrogen (secondary N) is 1. The fourth-order valence-electron chi connectivity index (χ4n) is 1.48. The van der Waals surface area contributed by atoms with Gasteiger partial charge in [0.2, 0.25) is 0 Å². The molecule has 102 valence electrons. The van der Waals surface area contributed by atoms with E-state index in [4.69, 9.17) is 0 Å². The van der Waals surface area contributed by atoms with Gasteiger partial charge in [-0.05, 0) is 12.1 Å². The molecule has 9 heteroatoms. The second kappa shape index (κ2) is 5.53. The van der Waals surface area contributed by atoms with Crippen LogP contribution in [0.15, 0.2) is 40.4 Å². The molecule has 0 unspecified atom stereocenters. The van der Waals surface area contributed by atoms with E-state index in [2.05, 4.69) is 4.98 Å². The van der Waals surface area contributed by atoms with Gasteiger partial charge in [-0.2, -0.15) is 0 Å². The first-order valence-corrected chi connectivity index (χ1v) is 6.07. The van der Waals surface area contributed by atoms with Crippen molar-refractivity contribution in [1.29, 1.82) is 0 Å². The van der Waals surface area contributed by atoms with E-state index in [1.807, 2.05) is 0 Å². The van der Waals surface area contributed by atoms with Crippen molar-refractivity contribution in [3.8, 4) is 0 Å². The van der Waals surface area contributed by atoms with Crippen LogP contribution < -0.4 is 0 Å². The average Bonchev–Trinajstić information content (AvgIpc) is 2.86. The van der Waals surface area contributed by atoms with E-state index >= 15 is 0 Å². The van der Waals surface area contributed by atoms with Crippen LogP contribution in [0.25, 0.3) is 0 Å². The highest BCUT2D eigenvalue weighted by atomic mass is 32.2. The Labute approximate surface area is 116 Å². The highest BCUT2D eigenvalue weighted by molar-refractivity contribution is 7.99. The number of aldehydes is 1. The number of H-pyrrole nitrogens is 1. The van der Waals surface area contributed by atoms with Crippen LogP contribution in [0.4, 0.5) is 11.4 Å². The van der Waals surface area contributed by atoms with E-state index in [0.717, 1.165) is 17.8 Å². The van der Waals surface area contributed by atoms with Gasteiger partial charge in [-0.1, -0.05) is 11.8 Å². The fraction of sp³-hybridized carbons (Fsp3) is 0. The van der Waals surface area contributed by atoms with Crippen molar-refractivity contribution in [1.82, 2.24) is 4.98 Å². The standard InChI is InChI=1S/C11H7N3O5S/c15-6-7-3-11(12-5-7)20-10-2-1-8(13(16)17)4-9(10)14(18)19/h1-6,12H. The van der Waals surface area contributed by atoms with Gasteiger partial charge in [0.05, 0.1) is 25.8 Å². The number of aromatic amines is 1. The van der Waals surface area contributed by atoms with Gasteiger partial charge >= 0.3 is 0 Å². The third kappa shape index (κ3) is 2.83. The number of nitrogens with zero attached hydrogens (tertiary/aromatic N) is 2. The minimum atomic E-state index is -0.694. The maximum Gasteiger partial charge on any atom is 0.290 e. The summed E-state index contributed by atoms with van der Waals surface area (Å²) in [6, 6.07) is 4.94. The zero-order valence-corrected chi connectivity index (χ0v) is 10.6. The summed E-state index contributed by atoms with van der Waals surface area (Å²) in [6.45, 7) is 0. The van der Waals surface area contributed by atoms with Crippen LogP contribution in [0.3, 0.4) is 0 Å². The second-order valence-electron chi connectivity index (χ2n) is 3.68. The molecule has 1 N–H and O–H groups in total. The van der Waals surface area contributed by atoms with E-state index < -0.39 is 9.85 Å². The first kappa shape index (κ1) is 13.7. The van der Waals surface area contributed by atoms with Gasteiger partial charge in [0.1, 0.15) is 0 Å². The molecule has 8 nitrogen and oxygen atoms in total. The molecular weight excluding hydrogens is 286 g/mol. The van der Waals surface area contributed by atoms with Crippen molar-refractivity contribution in [2.24, 2.45) is 0 Å². The summed E-state index contributed by atoms with van der Waals surface area (Å²) in [5.41, 5.74) is -0.287. The Morgan fingerprint density at radius 3 is 2.45 bits per heavy atom. The Morgan fingerprint density at radius 1 is 1.15 bits per heavy atom. The molecule has 0 saturated heterocycles. The lowest BCUT2D eigenvalue weighted by Gasteiger charge is -2.01. The van der Waals surface area contributed by atoms with Gasteiger partial charge in [0.15, 0.2) is 6.29 Å². The van der Waals surface area contributed by atoms with Crippen molar-refractivity contribution in [3.63, 3.8) is 0 Å². The third-order valence-corrected chi connectivity index (χ3v) is 3.41. The first-order chi connectivity index (χ1) is 9.51. The Morgan fingerprint density at radius 2 is 1.90 bits per heavy atom. The molecule has 0 fully saturated rings. The maximum absolute atomic E-state index is 11.0. The van der Waals surface area contributed by atoms with Crippen LogP contribution in [-0.2, 0) is 0 Å². The number of nitro groups is 2. The van der Waals surface area contributed by atoms with E-state index in [1.54, 1.807) is 0 Å². The number of hydrogen-bond acceptors (Lipinski definition) is 6. The van der Waals surface area contributed by atoms with Crippen LogP contribution >= 0.6 is 11.8 Å². The minimum absolute atomic E-state index is 0.250. The van der Waals surface area contributed by atoms with Crippen LogP contribution in [-0.4, -0.2) is 21.1 Å². The summed E-state index contributed by atoms with van der Waals surface area (Å²) in [5, 5.41) is 22.1. The normalized spacial score (nSPS) is 10.2. The van der Waals surface area contributed by atoms with Gasteiger partial charge in [0.25, 0.3) is 11.4 Å². The van der Waals surface area contributed by atoms with Crippen LogP contribution in [0.5, 0.6) is 0 Å². The number of aromatic nitrogens is 1. The summed E-state index contributed by atoms with van der Waals surface area (Å²) in [6.07, 6.45) is 2.11. The van der Waals surface area contributed by atoms with Gasteiger partial charge in [-0.25, -0.2) is 0 Å². The first-order valence-electron chi connectivity index (χ1n) is 5.25. The lowest BCUT2D eigenvalue weighted by molar-refractivity contribution is -0.396. The summed E-state index contributed by atoms with van der Waals surface area (Å²) in [4.78, 5) is 33.8. The van der Waals surface area contributed by atoms with Crippen molar-refractivity contribution in [2.75, 3.05) is 0 Å². The smallest absolute Gasteiger partial charge is 0.290 e. The van der Waals surface area contributed by atoms with E-state index in [9.17, 15) is 25.0 Å². The molecule has 1 aromatic carbocycles. The largest absolute Gasteiger partial charge is 0.355 e. The SMILES string of the molecule is O=Cc1c[nH]c(Sc2ccc([N+](=O)[O-])cc2[N+](=O)[O-])c1. The maximum atomic E-state index is 11.0. The number of non-ortho nitro benzene ring substituents is 1. The van der Waals surface area contributed by atoms with Gasteiger partial charge < -0.3 is 4.98 Å². The van der Waals surface area contributed by atoms with E-state index in [1.165, 1.54) is 24.4 Å². The second-order valence-corrected chi connectivity index (χ2v) is 4.77. The molecule has 0 aliphatic carbocycles. The Balaban J connectivity index is 2.37. The predicted octanol–water partition coefficient (Wildman–Crippen LogP) is 2.79. The summed E-state index contributed by atoms with van der Waals surface area (Å²) < 4.78 is 0. The highest BCUT2D eigenvalue weighted by Crippen LogP contribution is 2.36. The molecule has 0 saturated carbocycles. The molecule has 2 rings (SSSR count).